The van der Waals surface area contributed by atoms with Gasteiger partial charge in [-0.15, -0.1) is 0 Å². The maximum atomic E-state index is 5.58. The van der Waals surface area contributed by atoms with E-state index in [1.807, 2.05) is 18.2 Å². The van der Waals surface area contributed by atoms with Gasteiger partial charge in [0.15, 0.2) is 12.0 Å². The van der Waals surface area contributed by atoms with E-state index in [4.69, 9.17) is 9.41 Å². The minimum atomic E-state index is 0.566. The molecule has 1 atom stereocenters. The zero-order valence-corrected chi connectivity index (χ0v) is 13.9. The molecule has 2 aromatic rings. The van der Waals surface area contributed by atoms with Crippen LogP contribution in [0.2, 0.25) is 0 Å². The molecule has 1 aromatic carbocycles. The second-order valence-corrected chi connectivity index (χ2v) is 6.86. The third kappa shape index (κ3) is 2.04. The molecular weight excluding hydrogens is 300 g/mol. The maximum Gasteiger partial charge on any atom is 0.182 e. The van der Waals surface area contributed by atoms with Crippen LogP contribution in [0.25, 0.3) is 11.1 Å². The Labute approximate surface area is 140 Å². The van der Waals surface area contributed by atoms with E-state index >= 15 is 0 Å². The van der Waals surface area contributed by atoms with Gasteiger partial charge in [-0.05, 0) is 56.9 Å². The van der Waals surface area contributed by atoms with Gasteiger partial charge in [0.1, 0.15) is 11.3 Å². The summed E-state index contributed by atoms with van der Waals surface area (Å²) in [6.07, 6.45) is 8.56. The van der Waals surface area contributed by atoms with Crippen LogP contribution in [-0.4, -0.2) is 33.3 Å². The van der Waals surface area contributed by atoms with Crippen LogP contribution in [0, 0.1) is 5.92 Å². The van der Waals surface area contributed by atoms with E-state index in [-0.39, 0.29) is 0 Å². The number of hydrazine groups is 1. The molecule has 0 radical (unpaired) electrons. The van der Waals surface area contributed by atoms with Crippen LogP contribution >= 0.6 is 0 Å². The van der Waals surface area contributed by atoms with E-state index in [1.54, 1.807) is 0 Å². The first-order chi connectivity index (χ1) is 11.7. The van der Waals surface area contributed by atoms with Gasteiger partial charge in [-0.2, -0.15) is 0 Å². The number of para-hydroxylation sites is 1. The lowest BCUT2D eigenvalue weighted by atomic mass is 10.1. The zero-order valence-electron chi connectivity index (χ0n) is 13.9. The van der Waals surface area contributed by atoms with E-state index < -0.39 is 0 Å². The third-order valence-corrected chi connectivity index (χ3v) is 5.26. The van der Waals surface area contributed by atoms with Crippen molar-refractivity contribution in [3.05, 3.63) is 53.8 Å². The average Bonchev–Trinajstić information content (AvgIpc) is 3.16. The summed E-state index contributed by atoms with van der Waals surface area (Å²) in [5, 5.41) is 4.71. The highest BCUT2D eigenvalue weighted by atomic mass is 16.3. The van der Waals surface area contributed by atoms with Crippen LogP contribution in [-0.2, 0) is 0 Å². The summed E-state index contributed by atoms with van der Waals surface area (Å²) in [6, 6.07) is 6.58. The van der Waals surface area contributed by atoms with Gasteiger partial charge in [0, 0.05) is 23.8 Å². The summed E-state index contributed by atoms with van der Waals surface area (Å²) in [6.45, 7) is 5.42. The average molecular weight is 320 g/mol. The Morgan fingerprint density at radius 2 is 2.17 bits per heavy atom. The Bertz CT molecular complexity index is 903. The number of rotatable bonds is 3. The molecule has 1 aromatic heterocycles. The Balaban J connectivity index is 1.53. The number of aromatic nitrogens is 1. The predicted molar refractivity (Wildman–Crippen MR) is 93.1 cm³/mol. The molecule has 5 rings (SSSR count). The number of hydrogen-bond donors (Lipinski definition) is 0. The van der Waals surface area contributed by atoms with Crippen LogP contribution in [0.1, 0.15) is 32.3 Å². The van der Waals surface area contributed by atoms with Crippen LogP contribution in [0.15, 0.2) is 57.7 Å². The molecule has 1 aliphatic carbocycles. The van der Waals surface area contributed by atoms with Gasteiger partial charge < -0.3 is 4.42 Å². The molecule has 5 nitrogen and oxygen atoms in total. The standard InChI is InChI=1S/C19H20N4O/c1-12-10-17(15-4-3-5-16-19(15)24-11-20-16)21-18-8-9-22(23(12)18)13(2)14-6-7-14/h3-5,8,10-11,13-14H,6-7,9H2,1-2H3/t13-/m1/s1. The second kappa shape index (κ2) is 5.05. The number of oxazole rings is 1. The van der Waals surface area contributed by atoms with Crippen LogP contribution in [0.3, 0.4) is 0 Å². The van der Waals surface area contributed by atoms with E-state index in [9.17, 15) is 0 Å². The Morgan fingerprint density at radius 3 is 3.00 bits per heavy atom. The minimum Gasteiger partial charge on any atom is -0.443 e. The van der Waals surface area contributed by atoms with Crippen molar-refractivity contribution in [2.24, 2.45) is 10.9 Å². The first-order valence-electron chi connectivity index (χ1n) is 8.59. The van der Waals surface area contributed by atoms with Crippen molar-refractivity contribution in [1.82, 2.24) is 15.0 Å². The van der Waals surface area contributed by atoms with Crippen molar-refractivity contribution in [2.75, 3.05) is 6.54 Å². The molecule has 1 fully saturated rings. The molecule has 0 saturated heterocycles. The van der Waals surface area contributed by atoms with Crippen LogP contribution in [0.4, 0.5) is 0 Å². The lowest BCUT2D eigenvalue weighted by Crippen LogP contribution is -2.44. The number of hydrogen-bond acceptors (Lipinski definition) is 5. The SMILES string of the molecule is CC1=CC(c2cccc3ncoc23)=NC2=CCN([C@H](C)C3CC3)N12. The fourth-order valence-corrected chi connectivity index (χ4v) is 3.76. The summed E-state index contributed by atoms with van der Waals surface area (Å²) in [7, 11) is 0. The van der Waals surface area contributed by atoms with Crippen molar-refractivity contribution >= 4 is 16.8 Å². The van der Waals surface area contributed by atoms with E-state index in [1.165, 1.54) is 24.9 Å². The molecule has 24 heavy (non-hydrogen) atoms. The quantitative estimate of drug-likeness (QED) is 0.865. The molecule has 0 unspecified atom stereocenters. The molecule has 0 spiro atoms. The Kier molecular flexibility index (Phi) is 2.94. The van der Waals surface area contributed by atoms with Gasteiger partial charge in [0.2, 0.25) is 0 Å². The monoisotopic (exact) mass is 320 g/mol. The van der Waals surface area contributed by atoms with Crippen molar-refractivity contribution in [3.8, 4) is 0 Å². The van der Waals surface area contributed by atoms with Crippen LogP contribution in [0.5, 0.6) is 0 Å². The summed E-state index contributed by atoms with van der Waals surface area (Å²) >= 11 is 0. The van der Waals surface area contributed by atoms with Gasteiger partial charge in [0.05, 0.1) is 5.71 Å². The topological polar surface area (TPSA) is 44.9 Å². The largest absolute Gasteiger partial charge is 0.443 e. The summed E-state index contributed by atoms with van der Waals surface area (Å²) in [4.78, 5) is 9.15. The number of aliphatic imine (C=N–C) groups is 1. The molecule has 2 aliphatic heterocycles. The van der Waals surface area contributed by atoms with Gasteiger partial charge in [-0.3, -0.25) is 5.01 Å². The molecule has 5 heteroatoms. The fraction of sp³-hybridized carbons (Fsp3) is 0.368. The highest BCUT2D eigenvalue weighted by Gasteiger charge is 2.38. The van der Waals surface area contributed by atoms with Gasteiger partial charge in [0.25, 0.3) is 0 Å². The molecule has 0 amide bonds. The van der Waals surface area contributed by atoms with Crippen molar-refractivity contribution < 1.29 is 4.42 Å². The van der Waals surface area contributed by atoms with Gasteiger partial charge >= 0.3 is 0 Å². The fourth-order valence-electron chi connectivity index (χ4n) is 3.76. The molecule has 122 valence electrons. The number of benzene rings is 1. The summed E-state index contributed by atoms with van der Waals surface area (Å²) < 4.78 is 5.58. The first kappa shape index (κ1) is 14.0. The number of nitrogens with zero attached hydrogens (tertiary/aromatic N) is 4. The maximum absolute atomic E-state index is 5.58. The Hall–Kier alpha value is -2.40. The van der Waals surface area contributed by atoms with E-state index in [0.717, 1.165) is 40.7 Å². The first-order valence-corrected chi connectivity index (χ1v) is 8.59. The molecule has 3 heterocycles. The van der Waals surface area contributed by atoms with Gasteiger partial charge in [-0.1, -0.05) is 6.07 Å². The zero-order chi connectivity index (χ0) is 16.3. The van der Waals surface area contributed by atoms with Crippen molar-refractivity contribution in [1.29, 1.82) is 0 Å². The molecule has 0 N–H and O–H groups in total. The second-order valence-electron chi connectivity index (χ2n) is 6.86. The molecule has 3 aliphatic rings. The smallest absolute Gasteiger partial charge is 0.182 e. The summed E-state index contributed by atoms with van der Waals surface area (Å²) in [5.41, 5.74) is 4.81. The van der Waals surface area contributed by atoms with Crippen molar-refractivity contribution in [2.45, 2.75) is 32.7 Å². The predicted octanol–water partition coefficient (Wildman–Crippen LogP) is 3.71. The van der Waals surface area contributed by atoms with Gasteiger partial charge in [-0.25, -0.2) is 15.0 Å². The molecule has 0 bridgehead atoms. The lowest BCUT2D eigenvalue weighted by Gasteiger charge is -2.37. The Morgan fingerprint density at radius 1 is 1.29 bits per heavy atom. The molecular formula is C19H20N4O. The number of fused-ring (bicyclic) bond motifs is 2. The number of allylic oxidation sites excluding steroid dienone is 2. The molecule has 1 saturated carbocycles. The van der Waals surface area contributed by atoms with Crippen LogP contribution < -0.4 is 0 Å². The lowest BCUT2D eigenvalue weighted by molar-refractivity contribution is 0.0236. The minimum absolute atomic E-state index is 0.566. The summed E-state index contributed by atoms with van der Waals surface area (Å²) in [5.74, 6) is 1.85. The highest BCUT2D eigenvalue weighted by molar-refractivity contribution is 6.15. The third-order valence-electron chi connectivity index (χ3n) is 5.26. The van der Waals surface area contributed by atoms with Crippen molar-refractivity contribution in [3.63, 3.8) is 0 Å². The highest BCUT2D eigenvalue weighted by Crippen LogP contribution is 2.39. The van der Waals surface area contributed by atoms with E-state index in [0.29, 0.717) is 6.04 Å². The normalized spacial score (nSPS) is 22.2. The van der Waals surface area contributed by atoms with E-state index in [2.05, 4.69) is 41.0 Å².